The number of halogens is 1. The summed E-state index contributed by atoms with van der Waals surface area (Å²) in [5, 5.41) is 0. The van der Waals surface area contributed by atoms with E-state index in [0.29, 0.717) is 25.8 Å². The number of aryl methyl sites for hydroxylation is 2. The summed E-state index contributed by atoms with van der Waals surface area (Å²) < 4.78 is 13.0. The molecule has 2 heterocycles. The van der Waals surface area contributed by atoms with E-state index in [2.05, 4.69) is 4.98 Å². The summed E-state index contributed by atoms with van der Waals surface area (Å²) in [4.78, 5) is 17.6. The molecule has 0 N–H and O–H groups in total. The molecule has 92 valence electrons. The van der Waals surface area contributed by atoms with Crippen molar-refractivity contribution < 1.29 is 9.18 Å². The highest BCUT2D eigenvalue weighted by molar-refractivity contribution is 5.76. The molecule has 0 bridgehead atoms. The van der Waals surface area contributed by atoms with Gasteiger partial charge in [-0.3, -0.25) is 9.78 Å². The van der Waals surface area contributed by atoms with Crippen molar-refractivity contribution >= 4 is 5.91 Å². The Labute approximate surface area is 101 Å². The zero-order valence-electron chi connectivity index (χ0n) is 10.0. The van der Waals surface area contributed by atoms with Gasteiger partial charge in [0.15, 0.2) is 0 Å². The molecule has 3 nitrogen and oxygen atoms in total. The highest BCUT2D eigenvalue weighted by Gasteiger charge is 2.25. The lowest BCUT2D eigenvalue weighted by Gasteiger charge is -2.15. The van der Waals surface area contributed by atoms with Crippen LogP contribution >= 0.6 is 0 Å². The van der Waals surface area contributed by atoms with Gasteiger partial charge in [0.2, 0.25) is 5.91 Å². The van der Waals surface area contributed by atoms with E-state index in [0.717, 1.165) is 11.3 Å². The normalized spacial score (nSPS) is 19.6. The Balaban J connectivity index is 1.86. The van der Waals surface area contributed by atoms with E-state index < -0.39 is 6.17 Å². The fraction of sp³-hybridized carbons (Fsp3) is 0.538. The van der Waals surface area contributed by atoms with Crippen LogP contribution in [0.5, 0.6) is 0 Å². The van der Waals surface area contributed by atoms with Crippen molar-refractivity contribution in [3.8, 4) is 0 Å². The number of aromatic nitrogens is 1. The van der Waals surface area contributed by atoms with Gasteiger partial charge in [-0.05, 0) is 31.4 Å². The third-order valence-corrected chi connectivity index (χ3v) is 3.21. The van der Waals surface area contributed by atoms with Gasteiger partial charge in [0, 0.05) is 24.9 Å². The summed E-state index contributed by atoms with van der Waals surface area (Å²) in [5.74, 6) is 0.0494. The Morgan fingerprint density at radius 1 is 1.65 bits per heavy atom. The van der Waals surface area contributed by atoms with Crippen molar-refractivity contribution in [3.63, 3.8) is 0 Å². The monoisotopic (exact) mass is 236 g/mol. The molecule has 17 heavy (non-hydrogen) atoms. The van der Waals surface area contributed by atoms with Crippen molar-refractivity contribution in [3.05, 3.63) is 29.6 Å². The number of pyridine rings is 1. The molecule has 0 unspecified atom stereocenters. The predicted molar refractivity (Wildman–Crippen MR) is 63.4 cm³/mol. The number of carbonyl (C=O) groups is 1. The Morgan fingerprint density at radius 2 is 2.47 bits per heavy atom. The average Bonchev–Trinajstić information content (AvgIpc) is 2.74. The largest absolute Gasteiger partial charge is 0.340 e. The number of rotatable bonds is 3. The molecular formula is C13H17FN2O. The summed E-state index contributed by atoms with van der Waals surface area (Å²) in [6, 6.07) is 3.86. The van der Waals surface area contributed by atoms with E-state index in [4.69, 9.17) is 0 Å². The quantitative estimate of drug-likeness (QED) is 0.803. The lowest BCUT2D eigenvalue weighted by atomic mass is 10.1. The van der Waals surface area contributed by atoms with Gasteiger partial charge in [0.1, 0.15) is 6.17 Å². The molecule has 0 radical (unpaired) electrons. The summed E-state index contributed by atoms with van der Waals surface area (Å²) in [5.41, 5.74) is 2.06. The van der Waals surface area contributed by atoms with Crippen molar-refractivity contribution in [1.82, 2.24) is 9.88 Å². The van der Waals surface area contributed by atoms with Crippen LogP contribution in [0.4, 0.5) is 4.39 Å². The van der Waals surface area contributed by atoms with E-state index in [1.165, 1.54) is 0 Å². The molecule has 4 heteroatoms. The summed E-state index contributed by atoms with van der Waals surface area (Å²) in [7, 11) is 0. The molecule has 0 saturated carbocycles. The first kappa shape index (κ1) is 12.0. The average molecular weight is 236 g/mol. The number of alkyl halides is 1. The maximum absolute atomic E-state index is 13.0. The molecule has 1 aliphatic rings. The molecular weight excluding hydrogens is 219 g/mol. The number of carbonyl (C=O) groups excluding carboxylic acids is 1. The van der Waals surface area contributed by atoms with Gasteiger partial charge >= 0.3 is 0 Å². The summed E-state index contributed by atoms with van der Waals surface area (Å²) in [6.07, 6.45) is 2.52. The first-order valence-electron chi connectivity index (χ1n) is 5.99. The molecule has 1 atom stereocenters. The van der Waals surface area contributed by atoms with Gasteiger partial charge in [-0.1, -0.05) is 6.07 Å². The van der Waals surface area contributed by atoms with Crippen LogP contribution in [0, 0.1) is 6.92 Å². The van der Waals surface area contributed by atoms with Crippen LogP contribution in [0.3, 0.4) is 0 Å². The Hall–Kier alpha value is -1.45. The zero-order valence-corrected chi connectivity index (χ0v) is 10.0. The van der Waals surface area contributed by atoms with E-state index in [1.807, 2.05) is 19.1 Å². The SMILES string of the molecule is Cc1ncccc1CCC(=O)N1CC[C@@H](F)C1. The zero-order chi connectivity index (χ0) is 12.3. The molecule has 1 aliphatic heterocycles. The van der Waals surface area contributed by atoms with Crippen molar-refractivity contribution in [2.75, 3.05) is 13.1 Å². The molecule has 1 fully saturated rings. The first-order valence-corrected chi connectivity index (χ1v) is 5.99. The van der Waals surface area contributed by atoms with Crippen LogP contribution < -0.4 is 0 Å². The second kappa shape index (κ2) is 5.25. The number of amides is 1. The Kier molecular flexibility index (Phi) is 3.71. The Bertz CT molecular complexity index is 408. The van der Waals surface area contributed by atoms with E-state index in [-0.39, 0.29) is 12.5 Å². The van der Waals surface area contributed by atoms with Crippen molar-refractivity contribution in [2.24, 2.45) is 0 Å². The molecule has 1 amide bonds. The van der Waals surface area contributed by atoms with Gasteiger partial charge in [-0.15, -0.1) is 0 Å². The van der Waals surface area contributed by atoms with E-state index in [1.54, 1.807) is 11.1 Å². The molecule has 1 saturated heterocycles. The van der Waals surface area contributed by atoms with Crippen LogP contribution in [-0.2, 0) is 11.2 Å². The lowest BCUT2D eigenvalue weighted by Crippen LogP contribution is -2.29. The topological polar surface area (TPSA) is 33.2 Å². The van der Waals surface area contributed by atoms with Crippen molar-refractivity contribution in [2.45, 2.75) is 32.4 Å². The third-order valence-electron chi connectivity index (χ3n) is 3.21. The first-order chi connectivity index (χ1) is 8.16. The molecule has 0 spiro atoms. The highest BCUT2D eigenvalue weighted by atomic mass is 19.1. The Morgan fingerprint density at radius 3 is 3.12 bits per heavy atom. The van der Waals surface area contributed by atoms with Crippen LogP contribution in [0.25, 0.3) is 0 Å². The van der Waals surface area contributed by atoms with Crippen molar-refractivity contribution in [1.29, 1.82) is 0 Å². The minimum Gasteiger partial charge on any atom is -0.340 e. The number of nitrogens with zero attached hydrogens (tertiary/aromatic N) is 2. The molecule has 0 aliphatic carbocycles. The second-order valence-electron chi connectivity index (χ2n) is 4.47. The minimum atomic E-state index is -0.834. The van der Waals surface area contributed by atoms with E-state index >= 15 is 0 Å². The van der Waals surface area contributed by atoms with Gasteiger partial charge in [-0.25, -0.2) is 4.39 Å². The number of hydrogen-bond acceptors (Lipinski definition) is 2. The fourth-order valence-corrected chi connectivity index (χ4v) is 2.13. The van der Waals surface area contributed by atoms with Crippen LogP contribution in [0.1, 0.15) is 24.1 Å². The fourth-order valence-electron chi connectivity index (χ4n) is 2.13. The van der Waals surface area contributed by atoms with Gasteiger partial charge in [0.05, 0.1) is 6.54 Å². The third kappa shape index (κ3) is 3.02. The maximum Gasteiger partial charge on any atom is 0.223 e. The second-order valence-corrected chi connectivity index (χ2v) is 4.47. The summed E-state index contributed by atoms with van der Waals surface area (Å²) in [6.45, 7) is 2.77. The lowest BCUT2D eigenvalue weighted by molar-refractivity contribution is -0.130. The van der Waals surface area contributed by atoms with Gasteiger partial charge < -0.3 is 4.90 Å². The van der Waals surface area contributed by atoms with Crippen LogP contribution in [0.15, 0.2) is 18.3 Å². The smallest absolute Gasteiger partial charge is 0.223 e. The molecule has 1 aromatic heterocycles. The van der Waals surface area contributed by atoms with Crippen LogP contribution in [0.2, 0.25) is 0 Å². The van der Waals surface area contributed by atoms with E-state index in [9.17, 15) is 9.18 Å². The predicted octanol–water partition coefficient (Wildman–Crippen LogP) is 1.89. The molecule has 1 aromatic rings. The minimum absolute atomic E-state index is 0.0494. The molecule has 0 aromatic carbocycles. The number of likely N-dealkylation sites (tertiary alicyclic amines) is 1. The standard InChI is InChI=1S/C13H17FN2O/c1-10-11(3-2-7-15-10)4-5-13(17)16-8-6-12(14)9-16/h2-3,7,12H,4-6,8-9H2,1H3/t12-/m1/s1. The highest BCUT2D eigenvalue weighted by Crippen LogP contribution is 2.15. The van der Waals surface area contributed by atoms with Gasteiger partial charge in [0.25, 0.3) is 0 Å². The molecule has 2 rings (SSSR count). The van der Waals surface area contributed by atoms with Gasteiger partial charge in [-0.2, -0.15) is 0 Å². The number of hydrogen-bond donors (Lipinski definition) is 0. The maximum atomic E-state index is 13.0. The van der Waals surface area contributed by atoms with Crippen LogP contribution in [-0.4, -0.2) is 35.1 Å². The summed E-state index contributed by atoms with van der Waals surface area (Å²) >= 11 is 0.